The highest BCUT2D eigenvalue weighted by molar-refractivity contribution is 9.10. The van der Waals surface area contributed by atoms with E-state index in [9.17, 15) is 27.6 Å². The number of alkyl halides is 3. The van der Waals surface area contributed by atoms with Crippen molar-refractivity contribution in [3.05, 3.63) is 22.9 Å². The number of hydrogen-bond acceptors (Lipinski definition) is 13. The minimum absolute atomic E-state index is 0.158. The first-order valence-corrected chi connectivity index (χ1v) is 16.3. The Kier molecular flexibility index (Phi) is 9.39. The molecule has 1 amide bonds. The lowest BCUT2D eigenvalue weighted by Gasteiger charge is -2.36. The van der Waals surface area contributed by atoms with Crippen LogP contribution in [0.15, 0.2) is 33.0 Å². The molecule has 3 aromatic rings. The molecule has 6 rings (SSSR count). The third-order valence-corrected chi connectivity index (χ3v) is 10.1. The molecule has 2 aromatic heterocycles. The van der Waals surface area contributed by atoms with Gasteiger partial charge in [0, 0.05) is 42.1 Å². The van der Waals surface area contributed by atoms with E-state index >= 15 is 0 Å². The Hall–Kier alpha value is -3.84. The van der Waals surface area contributed by atoms with Gasteiger partial charge in [-0.2, -0.15) is 13.2 Å². The number of halogens is 4. The Morgan fingerprint density at radius 2 is 1.85 bits per heavy atom. The standard InChI is InChI=1S/C28H29BrF3N7O7S/c1-14(45-25(41)16-10-38(11-16)46-26(42)28(30,31)32)24(40)37-5-2-15(3-6-37)4-7-39-23-21(22(33)34-12-35-23)36-27(39)47-20-9-19-18(8-17(20)29)43-13-44-19/h8-9,12,14-16H,2-7,10-11,13H2,1H3,(H2,33,34,35)/t14-/m0/s1. The fourth-order valence-corrected chi connectivity index (χ4v) is 6.96. The van der Waals surface area contributed by atoms with Crippen LogP contribution in [0.25, 0.3) is 11.2 Å². The van der Waals surface area contributed by atoms with Crippen molar-refractivity contribution in [2.45, 2.75) is 55.1 Å². The van der Waals surface area contributed by atoms with Crippen LogP contribution in [0.1, 0.15) is 26.2 Å². The van der Waals surface area contributed by atoms with Gasteiger partial charge in [-0.15, -0.1) is 5.06 Å². The second-order valence-electron chi connectivity index (χ2n) is 11.3. The van der Waals surface area contributed by atoms with E-state index in [0.717, 1.165) is 33.7 Å². The van der Waals surface area contributed by atoms with Gasteiger partial charge in [-0.3, -0.25) is 9.59 Å². The number of hydrogen-bond donors (Lipinski definition) is 1. The molecule has 0 saturated carbocycles. The van der Waals surface area contributed by atoms with Gasteiger partial charge in [-0.1, -0.05) is 11.8 Å². The molecule has 1 atom stereocenters. The van der Waals surface area contributed by atoms with E-state index in [-0.39, 0.29) is 31.6 Å². The number of ether oxygens (including phenoxy) is 3. The SMILES string of the molecule is C[C@H](OC(=O)C1CN(OC(=O)C(F)(F)F)C1)C(=O)N1CCC(CCn2c(Sc3cc4c(cc3Br)OCO4)nc3c(N)ncnc32)CC1. The maximum absolute atomic E-state index is 13.0. The topological polar surface area (TPSA) is 164 Å². The van der Waals surface area contributed by atoms with Crippen LogP contribution in [0.3, 0.4) is 0 Å². The minimum atomic E-state index is -5.13. The van der Waals surface area contributed by atoms with Crippen LogP contribution in [0.5, 0.6) is 11.5 Å². The number of anilines is 1. The number of aromatic nitrogens is 4. The molecule has 1 aromatic carbocycles. The van der Waals surface area contributed by atoms with E-state index in [0.29, 0.717) is 53.4 Å². The maximum atomic E-state index is 13.0. The van der Waals surface area contributed by atoms with Gasteiger partial charge in [-0.25, -0.2) is 19.7 Å². The molecule has 0 radical (unpaired) electrons. The van der Waals surface area contributed by atoms with Crippen LogP contribution in [-0.4, -0.2) is 92.6 Å². The summed E-state index contributed by atoms with van der Waals surface area (Å²) in [5, 5.41) is 1.41. The zero-order valence-corrected chi connectivity index (χ0v) is 27.3. The molecule has 47 heavy (non-hydrogen) atoms. The van der Waals surface area contributed by atoms with Gasteiger partial charge in [-0.05, 0) is 60.2 Å². The number of carbonyl (C=O) groups excluding carboxylic acids is 3. The lowest BCUT2D eigenvalue weighted by atomic mass is 9.93. The number of imidazole rings is 1. The first-order valence-electron chi connectivity index (χ1n) is 14.6. The lowest BCUT2D eigenvalue weighted by Crippen LogP contribution is -2.53. The largest absolute Gasteiger partial charge is 0.492 e. The molecule has 0 aliphatic carbocycles. The Morgan fingerprint density at radius 1 is 1.15 bits per heavy atom. The molecule has 252 valence electrons. The van der Waals surface area contributed by atoms with Crippen LogP contribution in [-0.2, 0) is 30.5 Å². The number of carbonyl (C=O) groups is 3. The molecule has 5 heterocycles. The third kappa shape index (κ3) is 7.20. The molecular weight excluding hydrogens is 715 g/mol. The number of nitrogen functional groups attached to an aromatic ring is 1. The van der Waals surface area contributed by atoms with Gasteiger partial charge in [0.2, 0.25) is 6.79 Å². The molecule has 14 nitrogen and oxygen atoms in total. The second-order valence-corrected chi connectivity index (χ2v) is 13.1. The summed E-state index contributed by atoms with van der Waals surface area (Å²) < 4.78 is 56.2. The fourth-order valence-electron chi connectivity index (χ4n) is 5.45. The minimum Gasteiger partial charge on any atom is -0.454 e. The highest BCUT2D eigenvalue weighted by Gasteiger charge is 2.46. The number of benzene rings is 1. The molecule has 19 heteroatoms. The average Bonchev–Trinajstić information content (AvgIpc) is 3.61. The number of esters is 1. The molecule has 2 fully saturated rings. The molecule has 0 spiro atoms. The van der Waals surface area contributed by atoms with E-state index in [1.165, 1.54) is 25.0 Å². The van der Waals surface area contributed by atoms with Gasteiger partial charge in [0.15, 0.2) is 39.7 Å². The molecule has 0 unspecified atom stereocenters. The molecule has 3 aliphatic rings. The third-order valence-electron chi connectivity index (χ3n) is 8.11. The highest BCUT2D eigenvalue weighted by atomic mass is 79.9. The first kappa shape index (κ1) is 33.1. The number of piperidine rings is 1. The summed E-state index contributed by atoms with van der Waals surface area (Å²) in [6.45, 7) is 2.68. The lowest BCUT2D eigenvalue weighted by molar-refractivity contribution is -0.259. The zero-order chi connectivity index (χ0) is 33.5. The van der Waals surface area contributed by atoms with Crippen molar-refractivity contribution in [1.29, 1.82) is 0 Å². The summed E-state index contributed by atoms with van der Waals surface area (Å²) in [6.07, 6.45) is -2.55. The number of amides is 1. The summed E-state index contributed by atoms with van der Waals surface area (Å²) >= 11 is 5.04. The van der Waals surface area contributed by atoms with Crippen molar-refractivity contribution >= 4 is 62.5 Å². The predicted molar refractivity (Wildman–Crippen MR) is 161 cm³/mol. The van der Waals surface area contributed by atoms with Crippen molar-refractivity contribution in [3.63, 3.8) is 0 Å². The number of aryl methyl sites for hydroxylation is 1. The van der Waals surface area contributed by atoms with Gasteiger partial charge < -0.3 is 34.2 Å². The van der Waals surface area contributed by atoms with Crippen LogP contribution in [0.2, 0.25) is 0 Å². The summed E-state index contributed by atoms with van der Waals surface area (Å²) in [5.41, 5.74) is 7.26. The number of likely N-dealkylation sites (tertiary alicyclic amines) is 1. The van der Waals surface area contributed by atoms with Gasteiger partial charge >= 0.3 is 18.1 Å². The van der Waals surface area contributed by atoms with E-state index in [1.807, 2.05) is 16.7 Å². The Bertz CT molecular complexity index is 1700. The maximum Gasteiger partial charge on any atom is 0.492 e. The molecule has 2 saturated heterocycles. The second kappa shape index (κ2) is 13.3. The number of nitrogens with zero attached hydrogens (tertiary/aromatic N) is 6. The summed E-state index contributed by atoms with van der Waals surface area (Å²) in [7, 11) is 0. The van der Waals surface area contributed by atoms with E-state index in [1.54, 1.807) is 4.90 Å². The number of fused-ring (bicyclic) bond motifs is 2. The zero-order valence-electron chi connectivity index (χ0n) is 24.9. The van der Waals surface area contributed by atoms with Crippen LogP contribution in [0.4, 0.5) is 19.0 Å². The average molecular weight is 745 g/mol. The van der Waals surface area contributed by atoms with Crippen LogP contribution < -0.4 is 15.2 Å². The highest BCUT2D eigenvalue weighted by Crippen LogP contribution is 2.43. The quantitative estimate of drug-likeness (QED) is 0.317. The monoisotopic (exact) mass is 743 g/mol. The first-order chi connectivity index (χ1) is 22.4. The molecule has 3 aliphatic heterocycles. The van der Waals surface area contributed by atoms with Crippen molar-refractivity contribution in [2.75, 3.05) is 38.7 Å². The number of rotatable bonds is 9. The summed E-state index contributed by atoms with van der Waals surface area (Å²) in [4.78, 5) is 56.3. The smallest absolute Gasteiger partial charge is 0.454 e. The molecule has 2 N–H and O–H groups in total. The van der Waals surface area contributed by atoms with E-state index in [2.05, 4.69) is 30.7 Å². The van der Waals surface area contributed by atoms with E-state index < -0.39 is 30.1 Å². The van der Waals surface area contributed by atoms with Crippen molar-refractivity contribution in [3.8, 4) is 11.5 Å². The Morgan fingerprint density at radius 3 is 2.55 bits per heavy atom. The van der Waals surface area contributed by atoms with E-state index in [4.69, 9.17) is 24.9 Å². The van der Waals surface area contributed by atoms with Gasteiger partial charge in [0.1, 0.15) is 6.33 Å². The van der Waals surface area contributed by atoms with Crippen molar-refractivity contribution in [2.24, 2.45) is 11.8 Å². The molecule has 0 bridgehead atoms. The number of hydroxylamine groups is 2. The Balaban J connectivity index is 1.01. The molecular formula is C28H29BrF3N7O7S. The summed E-state index contributed by atoms with van der Waals surface area (Å²) in [6, 6.07) is 3.74. The predicted octanol–water partition coefficient (Wildman–Crippen LogP) is 3.56. The summed E-state index contributed by atoms with van der Waals surface area (Å²) in [5.74, 6) is -2.37. The number of nitrogens with two attached hydrogens (primary N) is 1. The van der Waals surface area contributed by atoms with Crippen molar-refractivity contribution < 1.29 is 46.6 Å². The van der Waals surface area contributed by atoms with Crippen LogP contribution >= 0.6 is 27.7 Å². The fraction of sp³-hybridized carbons (Fsp3) is 0.500. The Labute approximate surface area is 278 Å². The van der Waals surface area contributed by atoms with Gasteiger partial charge in [0.05, 0.1) is 5.92 Å². The van der Waals surface area contributed by atoms with Gasteiger partial charge in [0.25, 0.3) is 5.91 Å². The van der Waals surface area contributed by atoms with Crippen molar-refractivity contribution in [1.82, 2.24) is 29.5 Å². The normalized spacial score (nSPS) is 17.9. The van der Waals surface area contributed by atoms with Crippen LogP contribution in [0, 0.1) is 11.8 Å².